The smallest absolute Gasteiger partial charge is 0.253 e. The standard InChI is InChI=1S/C23H21ClN4O2/c1-30-18-9-5-8-16(12-18)23-26-20-13-17(24)10-11-19(20)22(15-6-3-2-4-7-15)28(23)14-21(29)27-25/h2-13,22H,14,25H2,1H3,(H,27,29). The van der Waals surface area contributed by atoms with Gasteiger partial charge >= 0.3 is 0 Å². The second-order valence-corrected chi connectivity index (χ2v) is 7.32. The molecule has 0 aliphatic carbocycles. The van der Waals surface area contributed by atoms with Gasteiger partial charge in [-0.2, -0.15) is 0 Å². The molecule has 1 atom stereocenters. The SMILES string of the molecule is COc1cccc(C2=Nc3cc(Cl)ccc3C(c3ccccc3)N2CC(=O)NN)c1. The number of benzene rings is 3. The Kier molecular flexibility index (Phi) is 5.70. The van der Waals surface area contributed by atoms with Gasteiger partial charge in [-0.05, 0) is 29.8 Å². The number of hydrogen-bond donors (Lipinski definition) is 2. The summed E-state index contributed by atoms with van der Waals surface area (Å²) in [5, 5.41) is 0.599. The second-order valence-electron chi connectivity index (χ2n) is 6.88. The molecule has 4 rings (SSSR count). The molecule has 0 fully saturated rings. The highest BCUT2D eigenvalue weighted by atomic mass is 35.5. The molecule has 1 unspecified atom stereocenters. The summed E-state index contributed by atoms with van der Waals surface area (Å²) in [6.07, 6.45) is 0. The maximum absolute atomic E-state index is 12.3. The summed E-state index contributed by atoms with van der Waals surface area (Å²) in [7, 11) is 1.61. The molecule has 3 N–H and O–H groups in total. The van der Waals surface area contributed by atoms with Crippen LogP contribution in [-0.2, 0) is 4.79 Å². The third kappa shape index (κ3) is 3.87. The van der Waals surface area contributed by atoms with Gasteiger partial charge in [-0.15, -0.1) is 0 Å². The number of carbonyl (C=O) groups is 1. The number of fused-ring (bicyclic) bond motifs is 1. The molecule has 30 heavy (non-hydrogen) atoms. The van der Waals surface area contributed by atoms with Crippen LogP contribution in [0.3, 0.4) is 0 Å². The zero-order chi connectivity index (χ0) is 21.1. The van der Waals surface area contributed by atoms with E-state index in [9.17, 15) is 4.79 Å². The number of methoxy groups -OCH3 is 1. The van der Waals surface area contributed by atoms with Crippen molar-refractivity contribution in [3.8, 4) is 5.75 Å². The fourth-order valence-corrected chi connectivity index (χ4v) is 3.83. The fourth-order valence-electron chi connectivity index (χ4n) is 3.67. The van der Waals surface area contributed by atoms with E-state index in [0.717, 1.165) is 22.4 Å². The monoisotopic (exact) mass is 420 g/mol. The van der Waals surface area contributed by atoms with E-state index in [2.05, 4.69) is 5.43 Å². The van der Waals surface area contributed by atoms with E-state index in [1.807, 2.05) is 77.7 Å². The van der Waals surface area contributed by atoms with Gasteiger partial charge in [0, 0.05) is 16.1 Å². The minimum Gasteiger partial charge on any atom is -0.497 e. The zero-order valence-corrected chi connectivity index (χ0v) is 17.1. The molecule has 1 aliphatic rings. The average Bonchev–Trinajstić information content (AvgIpc) is 2.79. The summed E-state index contributed by atoms with van der Waals surface area (Å²) >= 11 is 6.27. The van der Waals surface area contributed by atoms with Crippen molar-refractivity contribution in [2.24, 2.45) is 10.8 Å². The Morgan fingerprint density at radius 3 is 2.67 bits per heavy atom. The molecule has 152 valence electrons. The van der Waals surface area contributed by atoms with Crippen molar-refractivity contribution < 1.29 is 9.53 Å². The topological polar surface area (TPSA) is 80.0 Å². The Hall–Kier alpha value is -3.35. The molecule has 0 saturated heterocycles. The van der Waals surface area contributed by atoms with Gasteiger partial charge in [-0.25, -0.2) is 10.8 Å². The summed E-state index contributed by atoms with van der Waals surface area (Å²) in [6, 6.07) is 23.0. The van der Waals surface area contributed by atoms with Crippen LogP contribution in [0.25, 0.3) is 0 Å². The van der Waals surface area contributed by atoms with Crippen molar-refractivity contribution in [3.05, 3.63) is 94.5 Å². The Bertz CT molecular complexity index is 1100. The lowest BCUT2D eigenvalue weighted by atomic mass is 9.93. The predicted molar refractivity (Wildman–Crippen MR) is 118 cm³/mol. The Morgan fingerprint density at radius 1 is 1.13 bits per heavy atom. The number of carbonyl (C=O) groups excluding carboxylic acids is 1. The number of halogens is 1. The average molecular weight is 421 g/mol. The van der Waals surface area contributed by atoms with E-state index in [0.29, 0.717) is 16.6 Å². The molecule has 3 aromatic rings. The Balaban J connectivity index is 1.94. The molecular weight excluding hydrogens is 400 g/mol. The predicted octanol–water partition coefficient (Wildman–Crippen LogP) is 3.82. The molecule has 0 aromatic heterocycles. The number of rotatable bonds is 5. The number of ether oxygens (including phenoxy) is 1. The Labute approximate surface area is 179 Å². The van der Waals surface area contributed by atoms with E-state index < -0.39 is 0 Å². The fraction of sp³-hybridized carbons (Fsp3) is 0.130. The summed E-state index contributed by atoms with van der Waals surface area (Å²) in [4.78, 5) is 19.2. The summed E-state index contributed by atoms with van der Waals surface area (Å²) < 4.78 is 5.39. The van der Waals surface area contributed by atoms with Gasteiger partial charge < -0.3 is 9.64 Å². The lowest BCUT2D eigenvalue weighted by Crippen LogP contribution is -2.46. The molecule has 1 heterocycles. The first-order chi connectivity index (χ1) is 14.6. The Morgan fingerprint density at radius 2 is 1.93 bits per heavy atom. The van der Waals surface area contributed by atoms with Gasteiger partial charge in [-0.3, -0.25) is 10.2 Å². The van der Waals surface area contributed by atoms with Crippen molar-refractivity contribution in [1.29, 1.82) is 0 Å². The highest BCUT2D eigenvalue weighted by Gasteiger charge is 2.33. The normalized spacial score (nSPS) is 15.2. The van der Waals surface area contributed by atoms with E-state index in [4.69, 9.17) is 27.2 Å². The van der Waals surface area contributed by atoms with Crippen LogP contribution in [0.5, 0.6) is 5.75 Å². The molecule has 1 amide bonds. The molecule has 0 bridgehead atoms. The van der Waals surface area contributed by atoms with Crippen LogP contribution in [0.15, 0.2) is 77.8 Å². The molecule has 0 saturated carbocycles. The van der Waals surface area contributed by atoms with Crippen LogP contribution in [0.2, 0.25) is 5.02 Å². The number of aliphatic imine (C=N–C) groups is 1. The van der Waals surface area contributed by atoms with Crippen LogP contribution in [0.4, 0.5) is 5.69 Å². The van der Waals surface area contributed by atoms with Crippen LogP contribution in [0, 0.1) is 0 Å². The van der Waals surface area contributed by atoms with Crippen molar-refractivity contribution in [3.63, 3.8) is 0 Å². The van der Waals surface area contributed by atoms with Gasteiger partial charge in [0.1, 0.15) is 18.1 Å². The van der Waals surface area contributed by atoms with Crippen LogP contribution in [-0.4, -0.2) is 30.3 Å². The summed E-state index contributed by atoms with van der Waals surface area (Å²) in [6.45, 7) is 0.0359. The van der Waals surface area contributed by atoms with Gasteiger partial charge in [-0.1, -0.05) is 60.1 Å². The third-order valence-corrected chi connectivity index (χ3v) is 5.25. The van der Waals surface area contributed by atoms with Gasteiger partial charge in [0.25, 0.3) is 5.91 Å². The molecule has 0 spiro atoms. The number of hydrogen-bond acceptors (Lipinski definition) is 5. The van der Waals surface area contributed by atoms with E-state index in [1.54, 1.807) is 7.11 Å². The zero-order valence-electron chi connectivity index (χ0n) is 16.4. The van der Waals surface area contributed by atoms with E-state index >= 15 is 0 Å². The van der Waals surface area contributed by atoms with Crippen LogP contribution >= 0.6 is 11.6 Å². The molecule has 6 nitrogen and oxygen atoms in total. The number of amidine groups is 1. The maximum atomic E-state index is 12.3. The minimum absolute atomic E-state index is 0.0359. The molecule has 7 heteroatoms. The van der Waals surface area contributed by atoms with E-state index in [1.165, 1.54) is 0 Å². The minimum atomic E-state index is -0.316. The van der Waals surface area contributed by atoms with Gasteiger partial charge in [0.05, 0.1) is 18.8 Å². The second kappa shape index (κ2) is 8.57. The first-order valence-corrected chi connectivity index (χ1v) is 9.82. The molecule has 3 aromatic carbocycles. The van der Waals surface area contributed by atoms with Crippen molar-refractivity contribution in [2.75, 3.05) is 13.7 Å². The van der Waals surface area contributed by atoms with Gasteiger partial charge in [0.2, 0.25) is 0 Å². The summed E-state index contributed by atoms with van der Waals surface area (Å²) in [5.74, 6) is 6.44. The highest BCUT2D eigenvalue weighted by Crippen LogP contribution is 2.41. The first-order valence-electron chi connectivity index (χ1n) is 9.44. The molecule has 1 aliphatic heterocycles. The van der Waals surface area contributed by atoms with Gasteiger partial charge in [0.15, 0.2) is 0 Å². The van der Waals surface area contributed by atoms with Crippen LogP contribution < -0.4 is 16.0 Å². The first kappa shape index (κ1) is 19.9. The van der Waals surface area contributed by atoms with Crippen molar-refractivity contribution >= 4 is 29.0 Å². The quantitative estimate of drug-likeness (QED) is 0.373. The highest BCUT2D eigenvalue weighted by molar-refractivity contribution is 6.31. The number of hydrazine groups is 1. The lowest BCUT2D eigenvalue weighted by molar-refractivity contribution is -0.121. The van der Waals surface area contributed by atoms with Crippen LogP contribution in [0.1, 0.15) is 22.7 Å². The largest absolute Gasteiger partial charge is 0.497 e. The van der Waals surface area contributed by atoms with Crippen molar-refractivity contribution in [2.45, 2.75) is 6.04 Å². The number of nitrogens with zero attached hydrogens (tertiary/aromatic N) is 2. The molecule has 0 radical (unpaired) electrons. The number of amides is 1. The van der Waals surface area contributed by atoms with E-state index in [-0.39, 0.29) is 18.5 Å². The number of nitrogens with two attached hydrogens (primary N) is 1. The van der Waals surface area contributed by atoms with Crippen molar-refractivity contribution in [1.82, 2.24) is 10.3 Å². The maximum Gasteiger partial charge on any atom is 0.253 e. The number of nitrogens with one attached hydrogen (secondary N) is 1. The third-order valence-electron chi connectivity index (χ3n) is 5.02. The summed E-state index contributed by atoms with van der Waals surface area (Å²) in [5.41, 5.74) is 5.81. The molecular formula is C23H21ClN4O2. The lowest BCUT2D eigenvalue weighted by Gasteiger charge is -2.38.